The van der Waals surface area contributed by atoms with Crippen LogP contribution in [0.15, 0.2) is 66.7 Å². The number of carbonyl (C=O) groups is 2. The highest BCUT2D eigenvalue weighted by Crippen LogP contribution is 2.25. The first kappa shape index (κ1) is 27.6. The molecule has 1 unspecified atom stereocenters. The van der Waals surface area contributed by atoms with Gasteiger partial charge in [0.1, 0.15) is 11.8 Å². The van der Waals surface area contributed by atoms with Crippen LogP contribution >= 0.6 is 23.2 Å². The van der Waals surface area contributed by atoms with Crippen LogP contribution in [0.25, 0.3) is 0 Å². The Kier molecular flexibility index (Phi) is 9.80. The van der Waals surface area contributed by atoms with Crippen molar-refractivity contribution in [1.82, 2.24) is 10.2 Å². The standard InChI is InChI=1S/C29H32Cl2N2O3/c1-19(2)32-29(35)26(15-22-8-6-5-7-9-22)33(17-23-11-12-24(30)16-25(23)31)28(34)18-36-27-13-10-20(3)14-21(27)4/h5-14,16,19,26H,15,17-18H2,1-4H3,(H,32,35). The molecular weight excluding hydrogens is 495 g/mol. The van der Waals surface area contributed by atoms with E-state index in [4.69, 9.17) is 27.9 Å². The van der Waals surface area contributed by atoms with Crippen LogP contribution in [0.1, 0.15) is 36.1 Å². The number of halogens is 2. The first-order valence-electron chi connectivity index (χ1n) is 11.9. The molecule has 0 aliphatic rings. The van der Waals surface area contributed by atoms with Crippen molar-refractivity contribution < 1.29 is 14.3 Å². The SMILES string of the molecule is Cc1ccc(OCC(=O)N(Cc2ccc(Cl)cc2Cl)C(Cc2ccccc2)C(=O)NC(C)C)c(C)c1. The van der Waals surface area contributed by atoms with E-state index in [1.807, 2.05) is 76.2 Å². The van der Waals surface area contributed by atoms with Crippen LogP contribution < -0.4 is 10.1 Å². The van der Waals surface area contributed by atoms with E-state index in [1.165, 1.54) is 0 Å². The molecule has 1 atom stereocenters. The Morgan fingerprint density at radius 1 is 0.972 bits per heavy atom. The molecule has 2 amide bonds. The molecule has 0 bridgehead atoms. The first-order valence-corrected chi connectivity index (χ1v) is 12.7. The van der Waals surface area contributed by atoms with E-state index < -0.39 is 6.04 Å². The number of carbonyl (C=O) groups excluding carboxylic acids is 2. The number of hydrogen-bond acceptors (Lipinski definition) is 3. The van der Waals surface area contributed by atoms with Crippen molar-refractivity contribution in [3.05, 3.63) is 99.0 Å². The van der Waals surface area contributed by atoms with Gasteiger partial charge in [-0.3, -0.25) is 9.59 Å². The topological polar surface area (TPSA) is 58.6 Å². The second-order valence-corrected chi connectivity index (χ2v) is 10.0. The summed E-state index contributed by atoms with van der Waals surface area (Å²) in [5, 5.41) is 3.90. The highest BCUT2D eigenvalue weighted by atomic mass is 35.5. The molecule has 0 aliphatic carbocycles. The zero-order chi connectivity index (χ0) is 26.2. The molecule has 36 heavy (non-hydrogen) atoms. The van der Waals surface area contributed by atoms with Gasteiger partial charge in [-0.05, 0) is 62.6 Å². The molecular formula is C29H32Cl2N2O3. The number of ether oxygens (including phenoxy) is 1. The number of nitrogens with zero attached hydrogens (tertiary/aromatic N) is 1. The van der Waals surface area contributed by atoms with Gasteiger partial charge in [0.25, 0.3) is 5.91 Å². The molecule has 0 saturated carbocycles. The molecule has 3 rings (SSSR count). The zero-order valence-corrected chi connectivity index (χ0v) is 22.6. The molecule has 3 aromatic carbocycles. The summed E-state index contributed by atoms with van der Waals surface area (Å²) in [5.41, 5.74) is 3.68. The molecule has 3 aromatic rings. The third-order valence-electron chi connectivity index (χ3n) is 5.74. The monoisotopic (exact) mass is 526 g/mol. The summed E-state index contributed by atoms with van der Waals surface area (Å²) in [6, 6.07) is 19.7. The van der Waals surface area contributed by atoms with Crippen LogP contribution in [0.4, 0.5) is 0 Å². The molecule has 0 heterocycles. The largest absolute Gasteiger partial charge is 0.483 e. The van der Waals surface area contributed by atoms with Crippen molar-refractivity contribution >= 4 is 35.0 Å². The van der Waals surface area contributed by atoms with Gasteiger partial charge in [0.15, 0.2) is 6.61 Å². The Morgan fingerprint density at radius 2 is 1.69 bits per heavy atom. The maximum Gasteiger partial charge on any atom is 0.261 e. The quantitative estimate of drug-likeness (QED) is 0.344. The highest BCUT2D eigenvalue weighted by molar-refractivity contribution is 6.35. The van der Waals surface area contributed by atoms with Gasteiger partial charge in [0.2, 0.25) is 5.91 Å². The van der Waals surface area contributed by atoms with Gasteiger partial charge in [0.05, 0.1) is 0 Å². The number of nitrogens with one attached hydrogen (secondary N) is 1. The normalized spacial score (nSPS) is 11.8. The zero-order valence-electron chi connectivity index (χ0n) is 21.1. The van der Waals surface area contributed by atoms with Gasteiger partial charge < -0.3 is 15.0 Å². The fraction of sp³-hybridized carbons (Fsp3) is 0.310. The second-order valence-electron chi connectivity index (χ2n) is 9.18. The third kappa shape index (κ3) is 7.74. The summed E-state index contributed by atoms with van der Waals surface area (Å²) in [6.45, 7) is 7.64. The van der Waals surface area contributed by atoms with E-state index >= 15 is 0 Å². The van der Waals surface area contributed by atoms with Crippen molar-refractivity contribution in [3.63, 3.8) is 0 Å². The predicted molar refractivity (Wildman–Crippen MR) is 146 cm³/mol. The molecule has 0 spiro atoms. The number of aryl methyl sites for hydroxylation is 2. The van der Waals surface area contributed by atoms with Crippen molar-refractivity contribution in [2.45, 2.75) is 52.7 Å². The fourth-order valence-electron chi connectivity index (χ4n) is 3.95. The van der Waals surface area contributed by atoms with E-state index in [0.29, 0.717) is 27.8 Å². The van der Waals surface area contributed by atoms with Crippen molar-refractivity contribution in [2.75, 3.05) is 6.61 Å². The Hall–Kier alpha value is -3.02. The summed E-state index contributed by atoms with van der Waals surface area (Å²) < 4.78 is 5.91. The number of benzene rings is 3. The minimum absolute atomic E-state index is 0.0849. The van der Waals surface area contributed by atoms with Crippen molar-refractivity contribution in [3.8, 4) is 5.75 Å². The van der Waals surface area contributed by atoms with Crippen LogP contribution in [0.3, 0.4) is 0 Å². The highest BCUT2D eigenvalue weighted by Gasteiger charge is 2.31. The van der Waals surface area contributed by atoms with Gasteiger partial charge in [-0.2, -0.15) is 0 Å². The molecule has 0 aliphatic heterocycles. The van der Waals surface area contributed by atoms with Crippen molar-refractivity contribution in [2.24, 2.45) is 0 Å². The van der Waals surface area contributed by atoms with E-state index in [0.717, 1.165) is 16.7 Å². The Balaban J connectivity index is 1.95. The minimum atomic E-state index is -0.767. The Bertz CT molecular complexity index is 1200. The van der Waals surface area contributed by atoms with Gasteiger partial charge in [-0.1, -0.05) is 77.3 Å². The molecule has 7 heteroatoms. The van der Waals surface area contributed by atoms with Crippen LogP contribution in [-0.2, 0) is 22.6 Å². The van der Waals surface area contributed by atoms with Gasteiger partial charge >= 0.3 is 0 Å². The van der Waals surface area contributed by atoms with Crippen LogP contribution in [0, 0.1) is 13.8 Å². The third-order valence-corrected chi connectivity index (χ3v) is 6.33. The smallest absolute Gasteiger partial charge is 0.261 e. The van der Waals surface area contributed by atoms with E-state index in [1.54, 1.807) is 23.1 Å². The lowest BCUT2D eigenvalue weighted by Gasteiger charge is -2.32. The molecule has 5 nitrogen and oxygen atoms in total. The summed E-state index contributed by atoms with van der Waals surface area (Å²) >= 11 is 12.5. The lowest BCUT2D eigenvalue weighted by molar-refractivity contribution is -0.143. The molecule has 190 valence electrons. The second kappa shape index (κ2) is 12.8. The van der Waals surface area contributed by atoms with Crippen LogP contribution in [0.5, 0.6) is 5.75 Å². The first-order chi connectivity index (χ1) is 17.1. The summed E-state index contributed by atoms with van der Waals surface area (Å²) in [7, 11) is 0. The van der Waals surface area contributed by atoms with E-state index in [9.17, 15) is 9.59 Å². The van der Waals surface area contributed by atoms with E-state index in [-0.39, 0.29) is 31.0 Å². The summed E-state index contributed by atoms with van der Waals surface area (Å²) in [6.07, 6.45) is 0.347. The summed E-state index contributed by atoms with van der Waals surface area (Å²) in [5.74, 6) is 0.0734. The predicted octanol–water partition coefficient (Wildman–Crippen LogP) is 6.15. The minimum Gasteiger partial charge on any atom is -0.483 e. The molecule has 0 radical (unpaired) electrons. The number of rotatable bonds is 10. The fourth-order valence-corrected chi connectivity index (χ4v) is 4.42. The van der Waals surface area contributed by atoms with Gasteiger partial charge in [0, 0.05) is 29.1 Å². The maximum absolute atomic E-state index is 13.7. The molecule has 0 aromatic heterocycles. The Labute approximate surface area is 223 Å². The molecule has 1 N–H and O–H groups in total. The number of hydrogen-bond donors (Lipinski definition) is 1. The lowest BCUT2D eigenvalue weighted by atomic mass is 10.0. The average Bonchev–Trinajstić information content (AvgIpc) is 2.82. The van der Waals surface area contributed by atoms with Crippen molar-refractivity contribution in [1.29, 1.82) is 0 Å². The van der Waals surface area contributed by atoms with Gasteiger partial charge in [-0.15, -0.1) is 0 Å². The Morgan fingerprint density at radius 3 is 2.33 bits per heavy atom. The summed E-state index contributed by atoms with van der Waals surface area (Å²) in [4.78, 5) is 28.6. The molecule has 0 saturated heterocycles. The van der Waals surface area contributed by atoms with Crippen LogP contribution in [0.2, 0.25) is 10.0 Å². The van der Waals surface area contributed by atoms with E-state index in [2.05, 4.69) is 5.32 Å². The molecule has 0 fully saturated rings. The lowest BCUT2D eigenvalue weighted by Crippen LogP contribution is -2.52. The van der Waals surface area contributed by atoms with Crippen LogP contribution in [-0.4, -0.2) is 35.4 Å². The van der Waals surface area contributed by atoms with Gasteiger partial charge in [-0.25, -0.2) is 0 Å². The maximum atomic E-state index is 13.7. The average molecular weight is 527 g/mol. The number of amides is 2.